The molecule has 0 aliphatic rings. The number of benzene rings is 2. The second-order valence-corrected chi connectivity index (χ2v) is 8.66. The van der Waals surface area contributed by atoms with Crippen LogP contribution in [0.15, 0.2) is 71.9 Å². The Morgan fingerprint density at radius 2 is 1.81 bits per heavy atom. The van der Waals surface area contributed by atoms with Gasteiger partial charge in [-0.3, -0.25) is 9.78 Å². The topological polar surface area (TPSA) is 123 Å². The molecule has 32 heavy (non-hydrogen) atoms. The summed E-state index contributed by atoms with van der Waals surface area (Å²) < 4.78 is 30.7. The van der Waals surface area contributed by atoms with Crippen LogP contribution in [0.4, 0.5) is 5.69 Å². The third-order valence-electron chi connectivity index (χ3n) is 4.63. The number of nitrogens with two attached hydrogens (primary N) is 1. The number of hydrogen-bond acceptors (Lipinski definition) is 6. The number of ether oxygens (including phenoxy) is 1. The highest BCUT2D eigenvalue weighted by atomic mass is 32.2. The molecule has 168 valence electrons. The number of anilines is 1. The molecule has 4 N–H and O–H groups in total. The molecule has 0 aliphatic heterocycles. The van der Waals surface area contributed by atoms with Crippen molar-refractivity contribution in [3.8, 4) is 11.5 Å². The molecule has 0 radical (unpaired) electrons. The predicted octanol–water partition coefficient (Wildman–Crippen LogP) is 3.66. The van der Waals surface area contributed by atoms with Gasteiger partial charge in [0.1, 0.15) is 10.6 Å². The first kappa shape index (κ1) is 23.2. The third-order valence-corrected chi connectivity index (χ3v) is 5.55. The van der Waals surface area contributed by atoms with Gasteiger partial charge in [-0.05, 0) is 48.4 Å². The number of carbonyl (C=O) groups is 1. The van der Waals surface area contributed by atoms with Gasteiger partial charge in [-0.2, -0.15) is 0 Å². The van der Waals surface area contributed by atoms with Crippen molar-refractivity contribution in [3.05, 3.63) is 78.1 Å². The molecule has 0 saturated heterocycles. The van der Waals surface area contributed by atoms with E-state index in [1.54, 1.807) is 54.9 Å². The minimum absolute atomic E-state index is 0.0560. The molecule has 2 aromatic carbocycles. The fraction of sp³-hybridized carbons (Fsp3) is 0.217. The van der Waals surface area contributed by atoms with Crippen molar-refractivity contribution < 1.29 is 17.9 Å². The van der Waals surface area contributed by atoms with Crippen molar-refractivity contribution in [2.75, 3.05) is 11.9 Å². The molecule has 0 bridgehead atoms. The Balaban J connectivity index is 1.98. The molecule has 9 heteroatoms. The van der Waals surface area contributed by atoms with Crippen molar-refractivity contribution in [2.24, 2.45) is 5.14 Å². The summed E-state index contributed by atoms with van der Waals surface area (Å²) in [6.07, 6.45) is 5.06. The highest BCUT2D eigenvalue weighted by Crippen LogP contribution is 2.37. The molecule has 0 unspecified atom stereocenters. The molecule has 1 heterocycles. The lowest BCUT2D eigenvalue weighted by atomic mass is 10.1. The van der Waals surface area contributed by atoms with E-state index in [4.69, 9.17) is 9.88 Å². The van der Waals surface area contributed by atoms with Crippen LogP contribution in [0.1, 0.15) is 35.7 Å². The Bertz CT molecular complexity index is 1150. The van der Waals surface area contributed by atoms with Crippen LogP contribution in [0.5, 0.6) is 11.5 Å². The minimum Gasteiger partial charge on any atom is -0.454 e. The zero-order valence-corrected chi connectivity index (χ0v) is 18.6. The summed E-state index contributed by atoms with van der Waals surface area (Å²) in [7, 11) is -4.18. The van der Waals surface area contributed by atoms with Crippen molar-refractivity contribution in [1.82, 2.24) is 10.3 Å². The fourth-order valence-corrected chi connectivity index (χ4v) is 3.67. The number of primary sulfonamides is 1. The normalized spacial score (nSPS) is 11.1. The number of unbranched alkanes of at least 4 members (excludes halogenated alkanes) is 1. The summed E-state index contributed by atoms with van der Waals surface area (Å²) in [5, 5.41) is 11.5. The van der Waals surface area contributed by atoms with Crippen LogP contribution in [0, 0.1) is 0 Å². The van der Waals surface area contributed by atoms with E-state index in [0.717, 1.165) is 18.4 Å². The van der Waals surface area contributed by atoms with Crippen LogP contribution >= 0.6 is 0 Å². The summed E-state index contributed by atoms with van der Waals surface area (Å²) in [5.74, 6) is 0.0721. The van der Waals surface area contributed by atoms with Crippen LogP contribution in [0.2, 0.25) is 0 Å². The van der Waals surface area contributed by atoms with Crippen LogP contribution in [-0.4, -0.2) is 25.9 Å². The summed E-state index contributed by atoms with van der Waals surface area (Å²) in [4.78, 5) is 16.5. The number of nitrogens with one attached hydrogen (secondary N) is 2. The minimum atomic E-state index is -4.18. The molecule has 0 aliphatic carbocycles. The van der Waals surface area contributed by atoms with E-state index in [1.165, 1.54) is 6.07 Å². The number of amides is 1. The molecule has 0 atom stereocenters. The largest absolute Gasteiger partial charge is 0.454 e. The molecular weight excluding hydrogens is 428 g/mol. The quantitative estimate of drug-likeness (QED) is 0.402. The summed E-state index contributed by atoms with van der Waals surface area (Å²) >= 11 is 0. The Hall–Kier alpha value is -3.43. The number of para-hydroxylation sites is 1. The van der Waals surface area contributed by atoms with Crippen molar-refractivity contribution in [1.29, 1.82) is 0 Å². The Morgan fingerprint density at radius 1 is 1.09 bits per heavy atom. The number of sulfonamides is 1. The van der Waals surface area contributed by atoms with Crippen molar-refractivity contribution in [2.45, 2.75) is 31.2 Å². The van der Waals surface area contributed by atoms with E-state index in [0.29, 0.717) is 18.0 Å². The van der Waals surface area contributed by atoms with Gasteiger partial charge in [0.05, 0.1) is 5.69 Å². The van der Waals surface area contributed by atoms with E-state index >= 15 is 0 Å². The van der Waals surface area contributed by atoms with Gasteiger partial charge in [-0.1, -0.05) is 31.5 Å². The average Bonchev–Trinajstić information content (AvgIpc) is 2.79. The molecule has 1 amide bonds. The molecule has 3 rings (SSSR count). The fourth-order valence-electron chi connectivity index (χ4n) is 2.97. The standard InChI is InChI=1S/C23H26N4O4S/c1-2-3-11-26-20-14-18(23(28)27-16-17-9-12-25-13-10-17)15-21(32(24,29)30)22(20)31-19-7-5-4-6-8-19/h4-10,12-15,26H,2-3,11,16H2,1H3,(H,27,28)(H2,24,29,30). The maximum atomic E-state index is 12.8. The molecule has 8 nitrogen and oxygen atoms in total. The lowest BCUT2D eigenvalue weighted by Gasteiger charge is -2.18. The summed E-state index contributed by atoms with van der Waals surface area (Å²) in [6, 6.07) is 15.2. The summed E-state index contributed by atoms with van der Waals surface area (Å²) in [6.45, 7) is 2.89. The van der Waals surface area contributed by atoms with E-state index < -0.39 is 15.9 Å². The SMILES string of the molecule is CCCCNc1cc(C(=O)NCc2ccncc2)cc(S(N)(=O)=O)c1Oc1ccccc1. The number of aromatic nitrogens is 1. The van der Waals surface area contributed by atoms with Gasteiger partial charge in [-0.25, -0.2) is 13.6 Å². The number of carbonyl (C=O) groups excluding carboxylic acids is 1. The Labute approximate surface area is 187 Å². The molecule has 1 aromatic heterocycles. The van der Waals surface area contributed by atoms with Crippen molar-refractivity contribution >= 4 is 21.6 Å². The second kappa shape index (κ2) is 10.7. The third kappa shape index (κ3) is 6.29. The van der Waals surface area contributed by atoms with E-state index in [9.17, 15) is 13.2 Å². The van der Waals surface area contributed by atoms with Gasteiger partial charge < -0.3 is 15.4 Å². The first-order valence-electron chi connectivity index (χ1n) is 10.2. The highest BCUT2D eigenvalue weighted by molar-refractivity contribution is 7.89. The van der Waals surface area contributed by atoms with Crippen LogP contribution in [0.25, 0.3) is 0 Å². The van der Waals surface area contributed by atoms with Gasteiger partial charge in [0.15, 0.2) is 5.75 Å². The Morgan fingerprint density at radius 3 is 2.47 bits per heavy atom. The highest BCUT2D eigenvalue weighted by Gasteiger charge is 2.23. The zero-order valence-electron chi connectivity index (χ0n) is 17.7. The first-order valence-corrected chi connectivity index (χ1v) is 11.8. The van der Waals surface area contributed by atoms with E-state index in [-0.39, 0.29) is 22.8 Å². The summed E-state index contributed by atoms with van der Waals surface area (Å²) in [5.41, 5.74) is 1.40. The van der Waals surface area contributed by atoms with Crippen LogP contribution < -0.4 is 20.5 Å². The van der Waals surface area contributed by atoms with Gasteiger partial charge in [0.25, 0.3) is 5.91 Å². The zero-order chi connectivity index (χ0) is 23.0. The lowest BCUT2D eigenvalue weighted by molar-refractivity contribution is 0.0950. The average molecular weight is 455 g/mol. The van der Waals surface area contributed by atoms with E-state index in [2.05, 4.69) is 15.6 Å². The maximum absolute atomic E-state index is 12.8. The van der Waals surface area contributed by atoms with Gasteiger partial charge >= 0.3 is 0 Å². The molecule has 3 aromatic rings. The van der Waals surface area contributed by atoms with Gasteiger partial charge in [-0.15, -0.1) is 0 Å². The van der Waals surface area contributed by atoms with Crippen molar-refractivity contribution in [3.63, 3.8) is 0 Å². The molecule has 0 fully saturated rings. The maximum Gasteiger partial charge on any atom is 0.251 e. The number of hydrogen-bond donors (Lipinski definition) is 3. The number of rotatable bonds is 10. The smallest absolute Gasteiger partial charge is 0.251 e. The van der Waals surface area contributed by atoms with Gasteiger partial charge in [0.2, 0.25) is 10.0 Å². The first-order chi connectivity index (χ1) is 15.4. The monoisotopic (exact) mass is 454 g/mol. The van der Waals surface area contributed by atoms with E-state index in [1.807, 2.05) is 13.0 Å². The lowest BCUT2D eigenvalue weighted by Crippen LogP contribution is -2.24. The van der Waals surface area contributed by atoms with Crippen LogP contribution in [-0.2, 0) is 16.6 Å². The molecular formula is C23H26N4O4S. The molecule has 0 saturated carbocycles. The van der Waals surface area contributed by atoms with Crippen LogP contribution in [0.3, 0.4) is 0 Å². The Kier molecular flexibility index (Phi) is 7.80. The number of nitrogens with zero attached hydrogens (tertiary/aromatic N) is 1. The molecule has 0 spiro atoms. The predicted molar refractivity (Wildman–Crippen MR) is 123 cm³/mol. The van der Waals surface area contributed by atoms with Gasteiger partial charge in [0, 0.05) is 31.0 Å². The number of pyridine rings is 1. The second-order valence-electron chi connectivity index (χ2n) is 7.13.